The van der Waals surface area contributed by atoms with Crippen molar-refractivity contribution < 1.29 is 5.11 Å². The molecule has 2 atom stereocenters. The minimum absolute atomic E-state index is 0.00569. The lowest BCUT2D eigenvalue weighted by atomic mass is 9.81. The fourth-order valence-corrected chi connectivity index (χ4v) is 2.07. The van der Waals surface area contributed by atoms with E-state index in [0.29, 0.717) is 5.92 Å². The van der Waals surface area contributed by atoms with Crippen molar-refractivity contribution in [3.05, 3.63) is 0 Å². The molecular weight excluding hydrogens is 136 g/mol. The highest BCUT2D eigenvalue weighted by Crippen LogP contribution is 2.29. The Kier molecular flexibility index (Phi) is 3.38. The zero-order valence-corrected chi connectivity index (χ0v) is 7.71. The predicted octanol–water partition coefficient (Wildman–Crippen LogP) is 2.58. The van der Waals surface area contributed by atoms with Crippen LogP contribution in [0.1, 0.15) is 46.0 Å². The lowest BCUT2D eigenvalue weighted by Gasteiger charge is -2.28. The van der Waals surface area contributed by atoms with Gasteiger partial charge in [-0.2, -0.15) is 0 Å². The van der Waals surface area contributed by atoms with Crippen molar-refractivity contribution in [2.24, 2.45) is 11.8 Å². The summed E-state index contributed by atoms with van der Waals surface area (Å²) in [6.45, 7) is 4.47. The molecule has 66 valence electrons. The molecule has 11 heavy (non-hydrogen) atoms. The Bertz CT molecular complexity index is 109. The topological polar surface area (TPSA) is 20.2 Å². The first kappa shape index (κ1) is 9.05. The van der Waals surface area contributed by atoms with Crippen molar-refractivity contribution in [3.63, 3.8) is 0 Å². The molecule has 0 amide bonds. The number of aliphatic hydroxyl groups excluding tert-OH is 1. The van der Waals surface area contributed by atoms with Crippen molar-refractivity contribution in [1.29, 1.82) is 0 Å². The lowest BCUT2D eigenvalue weighted by molar-refractivity contribution is 0.0587. The van der Waals surface area contributed by atoms with Crippen LogP contribution in [0.5, 0.6) is 0 Å². The quantitative estimate of drug-likeness (QED) is 0.651. The number of hydrogen-bond acceptors (Lipinski definition) is 1. The molecule has 1 aliphatic rings. The summed E-state index contributed by atoms with van der Waals surface area (Å²) in [4.78, 5) is 0. The Labute approximate surface area is 69.8 Å². The zero-order chi connectivity index (χ0) is 8.27. The fourth-order valence-electron chi connectivity index (χ4n) is 2.07. The van der Waals surface area contributed by atoms with Crippen molar-refractivity contribution in [1.82, 2.24) is 0 Å². The molecule has 0 aromatic rings. The van der Waals surface area contributed by atoms with Crippen LogP contribution >= 0.6 is 0 Å². The second-order valence-corrected chi connectivity index (χ2v) is 4.24. The van der Waals surface area contributed by atoms with Gasteiger partial charge in [-0.3, -0.25) is 0 Å². The lowest BCUT2D eigenvalue weighted by Crippen LogP contribution is -2.25. The molecule has 1 unspecified atom stereocenters. The first-order valence-electron chi connectivity index (χ1n) is 4.88. The van der Waals surface area contributed by atoms with E-state index in [9.17, 15) is 5.11 Å². The maximum atomic E-state index is 9.62. The molecular formula is C10H20O. The highest BCUT2D eigenvalue weighted by molar-refractivity contribution is 4.74. The van der Waals surface area contributed by atoms with Gasteiger partial charge in [-0.25, -0.2) is 0 Å². The third-order valence-electron chi connectivity index (χ3n) is 2.64. The summed E-state index contributed by atoms with van der Waals surface area (Å²) in [6.07, 6.45) is 6.06. The first-order chi connectivity index (χ1) is 5.20. The Balaban J connectivity index is 2.29. The van der Waals surface area contributed by atoms with Crippen LogP contribution in [0, 0.1) is 11.8 Å². The summed E-state index contributed by atoms with van der Waals surface area (Å²) in [5.74, 6) is 1.34. The van der Waals surface area contributed by atoms with E-state index in [4.69, 9.17) is 0 Å². The SMILES string of the molecule is CC(C)CC1CCCC[C@H]1O. The molecule has 1 heteroatoms. The summed E-state index contributed by atoms with van der Waals surface area (Å²) in [5, 5.41) is 9.62. The van der Waals surface area contributed by atoms with Crippen LogP contribution in [-0.4, -0.2) is 11.2 Å². The van der Waals surface area contributed by atoms with Gasteiger partial charge in [0.2, 0.25) is 0 Å². The van der Waals surface area contributed by atoms with Gasteiger partial charge >= 0.3 is 0 Å². The third kappa shape index (κ3) is 2.82. The fraction of sp³-hybridized carbons (Fsp3) is 1.00. The van der Waals surface area contributed by atoms with Gasteiger partial charge in [0.25, 0.3) is 0 Å². The molecule has 0 spiro atoms. The highest BCUT2D eigenvalue weighted by atomic mass is 16.3. The van der Waals surface area contributed by atoms with Crippen molar-refractivity contribution >= 4 is 0 Å². The molecule has 0 aromatic heterocycles. The molecule has 1 nitrogen and oxygen atoms in total. The van der Waals surface area contributed by atoms with Crippen molar-refractivity contribution in [3.8, 4) is 0 Å². The second kappa shape index (κ2) is 4.10. The minimum atomic E-state index is 0.00569. The summed E-state index contributed by atoms with van der Waals surface area (Å²) < 4.78 is 0. The Morgan fingerprint density at radius 3 is 2.45 bits per heavy atom. The molecule has 1 aliphatic carbocycles. The van der Waals surface area contributed by atoms with E-state index in [2.05, 4.69) is 13.8 Å². The highest BCUT2D eigenvalue weighted by Gasteiger charge is 2.23. The molecule has 0 saturated heterocycles. The number of aliphatic hydroxyl groups is 1. The van der Waals surface area contributed by atoms with E-state index in [1.54, 1.807) is 0 Å². The smallest absolute Gasteiger partial charge is 0.0568 e. The van der Waals surface area contributed by atoms with Crippen LogP contribution in [0.15, 0.2) is 0 Å². The van der Waals surface area contributed by atoms with Gasteiger partial charge in [0.15, 0.2) is 0 Å². The first-order valence-corrected chi connectivity index (χ1v) is 4.88. The van der Waals surface area contributed by atoms with E-state index in [0.717, 1.165) is 12.3 Å². The average molecular weight is 156 g/mol. The Morgan fingerprint density at radius 1 is 1.27 bits per heavy atom. The van der Waals surface area contributed by atoms with Crippen LogP contribution in [-0.2, 0) is 0 Å². The molecule has 1 fully saturated rings. The normalized spacial score (nSPS) is 32.7. The molecule has 0 aliphatic heterocycles. The molecule has 1 saturated carbocycles. The summed E-state index contributed by atoms with van der Waals surface area (Å²) in [7, 11) is 0. The average Bonchev–Trinajstić information content (AvgIpc) is 1.93. The maximum Gasteiger partial charge on any atom is 0.0568 e. The van der Waals surface area contributed by atoms with Gasteiger partial charge in [0.05, 0.1) is 6.10 Å². The number of rotatable bonds is 2. The maximum absolute atomic E-state index is 9.62. The predicted molar refractivity (Wildman–Crippen MR) is 47.4 cm³/mol. The molecule has 1 N–H and O–H groups in total. The van der Waals surface area contributed by atoms with Gasteiger partial charge in [0, 0.05) is 0 Å². The minimum Gasteiger partial charge on any atom is -0.393 e. The van der Waals surface area contributed by atoms with E-state index < -0.39 is 0 Å². The zero-order valence-electron chi connectivity index (χ0n) is 7.71. The largest absolute Gasteiger partial charge is 0.393 e. The molecule has 0 aromatic carbocycles. The van der Waals surface area contributed by atoms with Crippen LogP contribution < -0.4 is 0 Å². The van der Waals surface area contributed by atoms with Gasteiger partial charge in [-0.1, -0.05) is 26.7 Å². The summed E-state index contributed by atoms with van der Waals surface area (Å²) >= 11 is 0. The van der Waals surface area contributed by atoms with E-state index in [-0.39, 0.29) is 6.10 Å². The van der Waals surface area contributed by atoms with Crippen molar-refractivity contribution in [2.45, 2.75) is 52.1 Å². The Morgan fingerprint density at radius 2 is 1.91 bits per heavy atom. The molecule has 0 heterocycles. The summed E-state index contributed by atoms with van der Waals surface area (Å²) in [6, 6.07) is 0. The van der Waals surface area contributed by atoms with Crippen LogP contribution in [0.4, 0.5) is 0 Å². The van der Waals surface area contributed by atoms with E-state index in [1.165, 1.54) is 25.7 Å². The summed E-state index contributed by atoms with van der Waals surface area (Å²) in [5.41, 5.74) is 0. The van der Waals surface area contributed by atoms with Gasteiger partial charge in [0.1, 0.15) is 0 Å². The van der Waals surface area contributed by atoms with E-state index >= 15 is 0 Å². The van der Waals surface area contributed by atoms with E-state index in [1.807, 2.05) is 0 Å². The van der Waals surface area contributed by atoms with Crippen molar-refractivity contribution in [2.75, 3.05) is 0 Å². The molecule has 0 radical (unpaired) electrons. The molecule has 0 bridgehead atoms. The van der Waals surface area contributed by atoms with Gasteiger partial charge < -0.3 is 5.11 Å². The third-order valence-corrected chi connectivity index (χ3v) is 2.64. The van der Waals surface area contributed by atoms with Gasteiger partial charge in [-0.15, -0.1) is 0 Å². The van der Waals surface area contributed by atoms with Crippen LogP contribution in [0.25, 0.3) is 0 Å². The monoisotopic (exact) mass is 156 g/mol. The van der Waals surface area contributed by atoms with Gasteiger partial charge in [-0.05, 0) is 31.1 Å². The Hall–Kier alpha value is -0.0400. The molecule has 1 rings (SSSR count). The van der Waals surface area contributed by atoms with Crippen LogP contribution in [0.2, 0.25) is 0 Å². The second-order valence-electron chi connectivity index (χ2n) is 4.24. The standard InChI is InChI=1S/C10H20O/c1-8(2)7-9-5-3-4-6-10(9)11/h8-11H,3-7H2,1-2H3/t9?,10-/m1/s1. The van der Waals surface area contributed by atoms with Crippen LogP contribution in [0.3, 0.4) is 0 Å². The number of hydrogen-bond donors (Lipinski definition) is 1.